The summed E-state index contributed by atoms with van der Waals surface area (Å²) >= 11 is 11.8. The van der Waals surface area contributed by atoms with Gasteiger partial charge in [-0.3, -0.25) is 0 Å². The molecule has 9 heteroatoms. The zero-order chi connectivity index (χ0) is 19.8. The highest BCUT2D eigenvalue weighted by Crippen LogP contribution is 2.26. The summed E-state index contributed by atoms with van der Waals surface area (Å²) in [6, 6.07) is 5.03. The minimum atomic E-state index is -1.02. The van der Waals surface area contributed by atoms with E-state index in [-0.39, 0.29) is 5.92 Å². The fraction of sp³-hybridized carbons (Fsp3) is 0.556. The van der Waals surface area contributed by atoms with Gasteiger partial charge in [0.15, 0.2) is 0 Å². The third-order valence-electron chi connectivity index (χ3n) is 3.82. The Labute approximate surface area is 168 Å². The summed E-state index contributed by atoms with van der Waals surface area (Å²) in [5.41, 5.74) is 0. The first-order chi connectivity index (χ1) is 12.8. The van der Waals surface area contributed by atoms with Gasteiger partial charge in [-0.1, -0.05) is 30.1 Å². The van der Waals surface area contributed by atoms with E-state index in [0.29, 0.717) is 55.1 Å². The van der Waals surface area contributed by atoms with Gasteiger partial charge >= 0.3 is 11.9 Å². The van der Waals surface area contributed by atoms with Gasteiger partial charge < -0.3 is 19.0 Å². The first kappa shape index (κ1) is 21.8. The van der Waals surface area contributed by atoms with Crippen LogP contribution in [0.5, 0.6) is 5.75 Å². The van der Waals surface area contributed by atoms with E-state index in [2.05, 4.69) is 0 Å². The minimum absolute atomic E-state index is 0.0810. The average Bonchev–Trinajstić information content (AvgIpc) is 2.63. The highest BCUT2D eigenvalue weighted by molar-refractivity contribution is 6.42. The Balaban J connectivity index is 1.69. The Kier molecular flexibility index (Phi) is 8.63. The number of benzene rings is 1. The van der Waals surface area contributed by atoms with Crippen LogP contribution in [0.3, 0.4) is 0 Å². The zero-order valence-corrected chi connectivity index (χ0v) is 16.8. The van der Waals surface area contributed by atoms with Crippen molar-refractivity contribution in [2.45, 2.75) is 26.4 Å². The normalized spacial score (nSPS) is 17.0. The smallest absolute Gasteiger partial charge is 0.436 e. The summed E-state index contributed by atoms with van der Waals surface area (Å²) < 4.78 is 16.0. The fourth-order valence-corrected chi connectivity index (χ4v) is 2.80. The van der Waals surface area contributed by atoms with Gasteiger partial charge in [-0.05, 0) is 31.4 Å². The molecular formula is C18H23Cl2NO6. The van der Waals surface area contributed by atoms with E-state index in [1.165, 1.54) is 5.06 Å². The molecule has 7 nitrogen and oxygen atoms in total. The van der Waals surface area contributed by atoms with Gasteiger partial charge in [0, 0.05) is 6.07 Å². The number of ether oxygens (including phenoxy) is 3. The number of carbonyl (C=O) groups excluding carboxylic acids is 2. The van der Waals surface area contributed by atoms with E-state index in [9.17, 15) is 9.59 Å². The van der Waals surface area contributed by atoms with Crippen molar-refractivity contribution in [2.24, 2.45) is 5.92 Å². The molecule has 1 heterocycles. The molecule has 2 unspecified atom stereocenters. The lowest BCUT2D eigenvalue weighted by atomic mass is 10.1. The van der Waals surface area contributed by atoms with Crippen molar-refractivity contribution in [3.05, 3.63) is 28.2 Å². The van der Waals surface area contributed by atoms with E-state index >= 15 is 0 Å². The van der Waals surface area contributed by atoms with E-state index in [4.69, 9.17) is 42.3 Å². The quantitative estimate of drug-likeness (QED) is 0.496. The highest BCUT2D eigenvalue weighted by Gasteiger charge is 2.25. The van der Waals surface area contributed by atoms with Gasteiger partial charge in [0.1, 0.15) is 5.75 Å². The largest absolute Gasteiger partial charge is 0.493 e. The summed E-state index contributed by atoms with van der Waals surface area (Å²) in [6.07, 6.45) is 0.0693. The Morgan fingerprint density at radius 3 is 2.52 bits per heavy atom. The van der Waals surface area contributed by atoms with Crippen LogP contribution < -0.4 is 4.74 Å². The molecule has 0 bridgehead atoms. The first-order valence-electron chi connectivity index (χ1n) is 8.68. The highest BCUT2D eigenvalue weighted by atomic mass is 35.5. The number of rotatable bonds is 7. The second-order valence-electron chi connectivity index (χ2n) is 6.36. The lowest BCUT2D eigenvalue weighted by Crippen LogP contribution is -2.40. The molecule has 0 aliphatic carbocycles. The maximum Gasteiger partial charge on any atom is 0.436 e. The third kappa shape index (κ3) is 7.54. The van der Waals surface area contributed by atoms with E-state index < -0.39 is 18.0 Å². The number of nitrogens with zero attached hydrogens (tertiary/aromatic N) is 1. The van der Waals surface area contributed by atoms with Gasteiger partial charge in [-0.15, -0.1) is 5.06 Å². The van der Waals surface area contributed by atoms with E-state index in [1.54, 1.807) is 25.1 Å². The number of hydrogen-bond donors (Lipinski definition) is 0. The summed E-state index contributed by atoms with van der Waals surface area (Å²) in [5.74, 6) is -1.34. The maximum atomic E-state index is 11.8. The molecule has 0 amide bonds. The molecule has 2 atom stereocenters. The van der Waals surface area contributed by atoms with Gasteiger partial charge in [0.25, 0.3) is 0 Å². The van der Waals surface area contributed by atoms with Crippen LogP contribution in [-0.2, 0) is 23.9 Å². The van der Waals surface area contributed by atoms with Crippen molar-refractivity contribution >= 4 is 35.1 Å². The van der Waals surface area contributed by atoms with Crippen LogP contribution in [0.15, 0.2) is 18.2 Å². The fourth-order valence-electron chi connectivity index (χ4n) is 2.51. The molecule has 1 aliphatic heterocycles. The van der Waals surface area contributed by atoms with Crippen molar-refractivity contribution in [3.8, 4) is 5.75 Å². The van der Waals surface area contributed by atoms with Crippen molar-refractivity contribution in [1.29, 1.82) is 0 Å². The minimum Gasteiger partial charge on any atom is -0.493 e. The van der Waals surface area contributed by atoms with Gasteiger partial charge in [0.2, 0.25) is 0 Å². The van der Waals surface area contributed by atoms with Gasteiger partial charge in [0.05, 0.1) is 49.1 Å². The predicted molar refractivity (Wildman–Crippen MR) is 99.8 cm³/mol. The van der Waals surface area contributed by atoms with Crippen LogP contribution in [0.25, 0.3) is 0 Å². The predicted octanol–water partition coefficient (Wildman–Crippen LogP) is 3.12. The second-order valence-corrected chi connectivity index (χ2v) is 7.18. The van der Waals surface area contributed by atoms with Gasteiger partial charge in [-0.2, -0.15) is 0 Å². The van der Waals surface area contributed by atoms with E-state index in [0.717, 1.165) is 0 Å². The van der Waals surface area contributed by atoms with Crippen molar-refractivity contribution < 1.29 is 28.6 Å². The maximum absolute atomic E-state index is 11.8. The molecule has 0 aromatic heterocycles. The topological polar surface area (TPSA) is 74.3 Å². The Morgan fingerprint density at radius 1 is 1.15 bits per heavy atom. The zero-order valence-electron chi connectivity index (χ0n) is 15.3. The molecule has 1 saturated heterocycles. The SMILES string of the molecule is CC(COc1ccc(Cl)c(Cl)c1)CC(C)OC(=O)C(=O)ON1CCOCC1. The molecule has 1 fully saturated rings. The molecule has 0 radical (unpaired) electrons. The van der Waals surface area contributed by atoms with Crippen molar-refractivity contribution in [3.63, 3.8) is 0 Å². The summed E-state index contributed by atoms with van der Waals surface area (Å²) in [4.78, 5) is 28.6. The molecule has 150 valence electrons. The Morgan fingerprint density at radius 2 is 1.85 bits per heavy atom. The molecule has 0 N–H and O–H groups in total. The van der Waals surface area contributed by atoms with Crippen LogP contribution >= 0.6 is 23.2 Å². The van der Waals surface area contributed by atoms with Crippen LogP contribution in [0, 0.1) is 5.92 Å². The molecule has 1 aromatic carbocycles. The number of halogens is 2. The number of hydroxylamine groups is 2. The van der Waals surface area contributed by atoms with Crippen molar-refractivity contribution in [1.82, 2.24) is 5.06 Å². The van der Waals surface area contributed by atoms with Crippen LogP contribution in [-0.4, -0.2) is 56.0 Å². The number of morpholine rings is 1. The monoisotopic (exact) mass is 419 g/mol. The molecule has 0 spiro atoms. The molecular weight excluding hydrogens is 397 g/mol. The van der Waals surface area contributed by atoms with E-state index in [1.807, 2.05) is 6.92 Å². The molecule has 2 rings (SSSR count). The van der Waals surface area contributed by atoms with Gasteiger partial charge in [-0.25, -0.2) is 9.59 Å². The number of hydrogen-bond acceptors (Lipinski definition) is 7. The average molecular weight is 420 g/mol. The Hall–Kier alpha value is -1.54. The molecule has 27 heavy (non-hydrogen) atoms. The van der Waals surface area contributed by atoms with Crippen LogP contribution in [0.2, 0.25) is 10.0 Å². The number of esters is 1. The van der Waals surface area contributed by atoms with Crippen LogP contribution in [0.4, 0.5) is 0 Å². The summed E-state index contributed by atoms with van der Waals surface area (Å²) in [6.45, 7) is 5.83. The lowest BCUT2D eigenvalue weighted by Gasteiger charge is -2.24. The summed E-state index contributed by atoms with van der Waals surface area (Å²) in [7, 11) is 0. The Bertz CT molecular complexity index is 651. The second kappa shape index (κ2) is 10.7. The molecule has 1 aliphatic rings. The first-order valence-corrected chi connectivity index (χ1v) is 9.44. The molecule has 0 saturated carbocycles. The summed E-state index contributed by atoms with van der Waals surface area (Å²) in [5, 5.41) is 2.27. The molecule has 1 aromatic rings. The number of carbonyl (C=O) groups is 2. The standard InChI is InChI=1S/C18H23Cl2NO6/c1-12(11-25-14-3-4-15(19)16(20)10-14)9-13(2)26-17(22)18(23)27-21-5-7-24-8-6-21/h3-4,10,12-13H,5-9,11H2,1-2H3. The van der Waals surface area contributed by atoms with Crippen molar-refractivity contribution in [2.75, 3.05) is 32.9 Å². The lowest BCUT2D eigenvalue weighted by molar-refractivity contribution is -0.212. The van der Waals surface area contributed by atoms with Crippen LogP contribution in [0.1, 0.15) is 20.3 Å². The third-order valence-corrected chi connectivity index (χ3v) is 4.56.